The Bertz CT molecular complexity index is 1470. The van der Waals surface area contributed by atoms with E-state index in [0.29, 0.717) is 22.4 Å². The van der Waals surface area contributed by atoms with Gasteiger partial charge in [-0.05, 0) is 91.3 Å². The molecule has 0 fully saturated rings. The number of aryl methyl sites for hydroxylation is 1. The van der Waals surface area contributed by atoms with Crippen LogP contribution in [0.25, 0.3) is 5.57 Å². The molecule has 1 aliphatic carbocycles. The zero-order chi connectivity index (χ0) is 30.3. The summed E-state index contributed by atoms with van der Waals surface area (Å²) in [6.45, 7) is 1.69. The van der Waals surface area contributed by atoms with Gasteiger partial charge in [-0.25, -0.2) is 4.79 Å². The highest BCUT2D eigenvalue weighted by atomic mass is 19.4. The maximum Gasteiger partial charge on any atom is 0.416 e. The van der Waals surface area contributed by atoms with Crippen LogP contribution in [-0.4, -0.2) is 29.6 Å². The summed E-state index contributed by atoms with van der Waals surface area (Å²) in [6, 6.07) is 16.6. The second-order valence-corrected chi connectivity index (χ2v) is 10.2. The van der Waals surface area contributed by atoms with E-state index in [1.54, 1.807) is 31.2 Å². The van der Waals surface area contributed by atoms with Crippen molar-refractivity contribution in [2.75, 3.05) is 16.8 Å². The van der Waals surface area contributed by atoms with Gasteiger partial charge in [0.2, 0.25) is 0 Å². The SMILES string of the molecule is Cc1ccc(C(F)(F)F)cc1NC(=O)N(Cc1ccc(C(=O)NCCC(=O)O)cc1)c1ccc(C2=CCCCC2)cc1. The van der Waals surface area contributed by atoms with E-state index >= 15 is 0 Å². The smallest absolute Gasteiger partial charge is 0.416 e. The molecule has 3 aromatic rings. The van der Waals surface area contributed by atoms with E-state index in [-0.39, 0.29) is 25.2 Å². The number of alkyl halides is 3. The van der Waals surface area contributed by atoms with E-state index in [4.69, 9.17) is 5.11 Å². The number of aliphatic carboxylic acids is 1. The fourth-order valence-electron chi connectivity index (χ4n) is 4.68. The second-order valence-electron chi connectivity index (χ2n) is 10.2. The molecule has 3 N–H and O–H groups in total. The van der Waals surface area contributed by atoms with E-state index < -0.39 is 29.6 Å². The molecule has 1 aliphatic rings. The van der Waals surface area contributed by atoms with Crippen molar-refractivity contribution in [1.29, 1.82) is 0 Å². The van der Waals surface area contributed by atoms with Gasteiger partial charge in [0.25, 0.3) is 5.91 Å². The second kappa shape index (κ2) is 13.4. The van der Waals surface area contributed by atoms with Crippen molar-refractivity contribution in [3.05, 3.63) is 101 Å². The summed E-state index contributed by atoms with van der Waals surface area (Å²) in [7, 11) is 0. The number of carbonyl (C=O) groups excluding carboxylic acids is 2. The number of anilines is 2. The topological polar surface area (TPSA) is 98.7 Å². The summed E-state index contributed by atoms with van der Waals surface area (Å²) >= 11 is 0. The number of nitrogens with one attached hydrogen (secondary N) is 2. The molecule has 0 aliphatic heterocycles. The van der Waals surface area contributed by atoms with Crippen LogP contribution in [0.1, 0.15) is 64.7 Å². The Hall–Kier alpha value is -4.60. The first kappa shape index (κ1) is 30.4. The minimum atomic E-state index is -4.56. The molecule has 0 aromatic heterocycles. The van der Waals surface area contributed by atoms with Crippen LogP contribution in [0.15, 0.2) is 72.8 Å². The molecule has 0 atom stereocenters. The number of urea groups is 1. The molecule has 0 saturated heterocycles. The van der Waals surface area contributed by atoms with Crippen LogP contribution in [0, 0.1) is 6.92 Å². The van der Waals surface area contributed by atoms with Crippen LogP contribution in [0.3, 0.4) is 0 Å². The molecule has 3 aromatic carbocycles. The molecule has 0 spiro atoms. The molecule has 42 heavy (non-hydrogen) atoms. The Morgan fingerprint density at radius 1 is 0.952 bits per heavy atom. The molecule has 4 rings (SSSR count). The monoisotopic (exact) mass is 579 g/mol. The Morgan fingerprint density at radius 3 is 2.29 bits per heavy atom. The van der Waals surface area contributed by atoms with E-state index in [0.717, 1.165) is 43.4 Å². The molecule has 7 nitrogen and oxygen atoms in total. The molecule has 10 heteroatoms. The zero-order valence-corrected chi connectivity index (χ0v) is 23.1. The number of rotatable bonds is 9. The first-order valence-corrected chi connectivity index (χ1v) is 13.7. The summed E-state index contributed by atoms with van der Waals surface area (Å²) in [5, 5.41) is 13.9. The van der Waals surface area contributed by atoms with Crippen molar-refractivity contribution >= 4 is 34.9 Å². The third-order valence-electron chi connectivity index (χ3n) is 7.07. The summed E-state index contributed by atoms with van der Waals surface area (Å²) in [5.74, 6) is -1.45. The molecule has 220 valence electrons. The number of hydrogen-bond donors (Lipinski definition) is 3. The van der Waals surface area contributed by atoms with Crippen molar-refractivity contribution in [2.45, 2.75) is 51.7 Å². The Morgan fingerprint density at radius 2 is 1.67 bits per heavy atom. The Kier molecular flexibility index (Phi) is 9.67. The lowest BCUT2D eigenvalue weighted by Crippen LogP contribution is -2.35. The van der Waals surface area contributed by atoms with Gasteiger partial charge in [0.05, 0.1) is 18.5 Å². The number of benzene rings is 3. The molecule has 0 radical (unpaired) electrons. The van der Waals surface area contributed by atoms with Gasteiger partial charge in [-0.1, -0.05) is 36.4 Å². The summed E-state index contributed by atoms with van der Waals surface area (Å²) in [4.78, 5) is 38.0. The van der Waals surface area contributed by atoms with Crippen LogP contribution in [0.4, 0.5) is 29.3 Å². The predicted molar refractivity (Wildman–Crippen MR) is 155 cm³/mol. The lowest BCUT2D eigenvalue weighted by atomic mass is 9.93. The summed E-state index contributed by atoms with van der Waals surface area (Å²) in [5.41, 5.74) is 3.53. The average Bonchev–Trinajstić information content (AvgIpc) is 2.97. The van der Waals surface area contributed by atoms with Gasteiger partial charge in [-0.15, -0.1) is 0 Å². The number of nitrogens with zero attached hydrogens (tertiary/aromatic N) is 1. The number of halogens is 3. The van der Waals surface area contributed by atoms with E-state index in [9.17, 15) is 27.6 Å². The van der Waals surface area contributed by atoms with Crippen molar-refractivity contribution in [2.24, 2.45) is 0 Å². The Labute approximate surface area is 242 Å². The van der Waals surface area contributed by atoms with Crippen molar-refractivity contribution in [3.8, 4) is 0 Å². The zero-order valence-electron chi connectivity index (χ0n) is 23.1. The van der Waals surface area contributed by atoms with Crippen LogP contribution in [0.5, 0.6) is 0 Å². The number of carboxylic acids is 1. The van der Waals surface area contributed by atoms with Gasteiger partial charge in [-0.3, -0.25) is 14.5 Å². The predicted octanol–water partition coefficient (Wildman–Crippen LogP) is 7.41. The standard InChI is InChI=1S/C32H32F3N3O4/c1-21-7-14-26(32(33,34)35)19-28(21)37-31(42)38(27-15-12-24(13-16-27)23-5-3-2-4-6-23)20-22-8-10-25(11-9-22)30(41)36-18-17-29(39)40/h5,7-16,19H,2-4,6,17-18,20H2,1H3,(H,36,41)(H,37,42)(H,39,40). The first-order valence-electron chi connectivity index (χ1n) is 13.7. The average molecular weight is 580 g/mol. The minimum Gasteiger partial charge on any atom is -0.481 e. The lowest BCUT2D eigenvalue weighted by Gasteiger charge is -2.25. The quantitative estimate of drug-likeness (QED) is 0.246. The molecule has 0 saturated carbocycles. The molecule has 3 amide bonds. The third kappa shape index (κ3) is 7.99. The van der Waals surface area contributed by atoms with Gasteiger partial charge in [0, 0.05) is 23.5 Å². The van der Waals surface area contributed by atoms with E-state index in [1.165, 1.54) is 16.5 Å². The summed E-state index contributed by atoms with van der Waals surface area (Å²) < 4.78 is 40.1. The van der Waals surface area contributed by atoms with Crippen molar-refractivity contribution in [3.63, 3.8) is 0 Å². The highest BCUT2D eigenvalue weighted by molar-refractivity contribution is 6.02. The highest BCUT2D eigenvalue weighted by Gasteiger charge is 2.31. The molecule has 0 heterocycles. The van der Waals surface area contributed by atoms with Gasteiger partial charge in [0.15, 0.2) is 0 Å². The maximum atomic E-state index is 13.6. The third-order valence-corrected chi connectivity index (χ3v) is 7.07. The van der Waals surface area contributed by atoms with Crippen LogP contribution in [0.2, 0.25) is 0 Å². The van der Waals surface area contributed by atoms with Crippen LogP contribution >= 0.6 is 0 Å². The fraction of sp³-hybridized carbons (Fsp3) is 0.281. The molecular weight excluding hydrogens is 547 g/mol. The van der Waals surface area contributed by atoms with Gasteiger partial charge < -0.3 is 15.7 Å². The highest BCUT2D eigenvalue weighted by Crippen LogP contribution is 2.33. The molecule has 0 bridgehead atoms. The van der Waals surface area contributed by atoms with Gasteiger partial charge in [-0.2, -0.15) is 13.2 Å². The Balaban J connectivity index is 1.58. The van der Waals surface area contributed by atoms with E-state index in [2.05, 4.69) is 16.7 Å². The van der Waals surface area contributed by atoms with Gasteiger partial charge in [0.1, 0.15) is 0 Å². The number of hydrogen-bond acceptors (Lipinski definition) is 3. The van der Waals surface area contributed by atoms with Gasteiger partial charge >= 0.3 is 18.2 Å². The number of allylic oxidation sites excluding steroid dienone is 2. The lowest BCUT2D eigenvalue weighted by molar-refractivity contribution is -0.138. The number of amides is 3. The van der Waals surface area contributed by atoms with E-state index in [1.807, 2.05) is 24.3 Å². The van der Waals surface area contributed by atoms with Crippen molar-refractivity contribution < 1.29 is 32.7 Å². The molecular formula is C32H32F3N3O4. The van der Waals surface area contributed by atoms with Crippen molar-refractivity contribution in [1.82, 2.24) is 5.32 Å². The maximum absolute atomic E-state index is 13.6. The minimum absolute atomic E-state index is 0.00821. The van der Waals surface area contributed by atoms with Crippen LogP contribution in [-0.2, 0) is 17.5 Å². The van der Waals surface area contributed by atoms with Crippen LogP contribution < -0.4 is 15.5 Å². The normalized spacial score (nSPS) is 13.2. The fourth-order valence-corrected chi connectivity index (χ4v) is 4.68. The number of carbonyl (C=O) groups is 3. The molecule has 0 unspecified atom stereocenters. The number of carboxylic acid groups (broad SMARTS) is 1. The largest absolute Gasteiger partial charge is 0.481 e. The summed E-state index contributed by atoms with van der Waals surface area (Å²) in [6.07, 6.45) is 1.75. The first-order chi connectivity index (χ1) is 20.0.